The Balaban J connectivity index is 1.81. The first-order valence-corrected chi connectivity index (χ1v) is 9.96. The summed E-state index contributed by atoms with van der Waals surface area (Å²) in [5.41, 5.74) is 0.536. The molecule has 1 aliphatic heterocycles. The molecule has 0 spiro atoms. The number of hydrogen-bond acceptors (Lipinski definition) is 6. The molecule has 0 N–H and O–H groups in total. The molecule has 1 heterocycles. The normalized spacial score (nSPS) is 15.6. The van der Waals surface area contributed by atoms with Gasteiger partial charge in [-0.2, -0.15) is 9.57 Å². The molecule has 2 aromatic carbocycles. The highest BCUT2D eigenvalue weighted by Gasteiger charge is 2.28. The van der Waals surface area contributed by atoms with E-state index in [1.54, 1.807) is 0 Å². The Kier molecular flexibility index (Phi) is 5.58. The van der Waals surface area contributed by atoms with E-state index >= 15 is 0 Å². The molecule has 10 heteroatoms. The summed E-state index contributed by atoms with van der Waals surface area (Å²) in [6.45, 7) is 1.29. The molecule has 146 valence electrons. The van der Waals surface area contributed by atoms with Crippen molar-refractivity contribution < 1.29 is 17.7 Å². The van der Waals surface area contributed by atoms with Crippen LogP contribution < -0.4 is 4.90 Å². The van der Waals surface area contributed by atoms with Crippen LogP contribution in [0.15, 0.2) is 47.4 Å². The highest BCUT2D eigenvalue weighted by molar-refractivity contribution is 7.89. The highest BCUT2D eigenvalue weighted by Crippen LogP contribution is 2.27. The Hall–Kier alpha value is -3.03. The average molecular weight is 404 g/mol. The fourth-order valence-electron chi connectivity index (χ4n) is 3.13. The van der Waals surface area contributed by atoms with Gasteiger partial charge in [-0.1, -0.05) is 0 Å². The number of nitriles is 1. The fourth-order valence-corrected chi connectivity index (χ4v) is 4.60. The van der Waals surface area contributed by atoms with Gasteiger partial charge in [0, 0.05) is 38.3 Å². The van der Waals surface area contributed by atoms with Gasteiger partial charge in [-0.05, 0) is 36.8 Å². The van der Waals surface area contributed by atoms with E-state index in [1.165, 1.54) is 34.6 Å². The molecular formula is C18H17FN4O4S. The molecule has 0 radical (unpaired) electrons. The number of hydrogen-bond donors (Lipinski definition) is 0. The summed E-state index contributed by atoms with van der Waals surface area (Å²) in [5.74, 6) is -0.511. The lowest BCUT2D eigenvalue weighted by atomic mass is 10.1. The molecule has 1 fully saturated rings. The molecule has 2 aromatic rings. The number of nitrogens with zero attached hydrogens (tertiary/aromatic N) is 4. The maximum Gasteiger partial charge on any atom is 0.270 e. The molecule has 8 nitrogen and oxygen atoms in total. The van der Waals surface area contributed by atoms with Crippen molar-refractivity contribution in [2.75, 3.05) is 31.1 Å². The molecule has 0 bridgehead atoms. The Labute approximate surface area is 161 Å². The van der Waals surface area contributed by atoms with Gasteiger partial charge < -0.3 is 4.90 Å². The molecule has 1 aliphatic rings. The summed E-state index contributed by atoms with van der Waals surface area (Å²) in [6.07, 6.45) is 0.516. The third-order valence-electron chi connectivity index (χ3n) is 4.56. The van der Waals surface area contributed by atoms with Crippen LogP contribution in [-0.2, 0) is 10.0 Å². The van der Waals surface area contributed by atoms with Gasteiger partial charge in [0.15, 0.2) is 0 Å². The smallest absolute Gasteiger partial charge is 0.270 e. The van der Waals surface area contributed by atoms with Crippen molar-refractivity contribution in [3.05, 3.63) is 64.0 Å². The maximum atomic E-state index is 13.1. The number of rotatable bonds is 4. The summed E-state index contributed by atoms with van der Waals surface area (Å²) in [4.78, 5) is 12.2. The van der Waals surface area contributed by atoms with Crippen molar-refractivity contribution in [1.29, 1.82) is 5.26 Å². The lowest BCUT2D eigenvalue weighted by Crippen LogP contribution is -2.35. The number of sulfonamides is 1. The predicted octanol–water partition coefficient (Wildman–Crippen LogP) is 2.51. The second-order valence-electron chi connectivity index (χ2n) is 6.27. The Morgan fingerprint density at radius 3 is 2.43 bits per heavy atom. The third-order valence-corrected chi connectivity index (χ3v) is 6.47. The van der Waals surface area contributed by atoms with E-state index in [0.717, 1.165) is 12.1 Å². The van der Waals surface area contributed by atoms with Gasteiger partial charge in [0.2, 0.25) is 10.0 Å². The second-order valence-corrected chi connectivity index (χ2v) is 8.21. The van der Waals surface area contributed by atoms with Crippen LogP contribution in [0.3, 0.4) is 0 Å². The summed E-state index contributed by atoms with van der Waals surface area (Å²) in [7, 11) is -3.76. The summed E-state index contributed by atoms with van der Waals surface area (Å²) < 4.78 is 40.0. The van der Waals surface area contributed by atoms with Gasteiger partial charge in [0.25, 0.3) is 5.69 Å². The van der Waals surface area contributed by atoms with E-state index in [1.807, 2.05) is 11.0 Å². The number of nitro benzene ring substituents is 1. The molecule has 0 aromatic heterocycles. The summed E-state index contributed by atoms with van der Waals surface area (Å²) in [5, 5.41) is 20.2. The van der Waals surface area contributed by atoms with Crippen molar-refractivity contribution in [2.45, 2.75) is 11.3 Å². The van der Waals surface area contributed by atoms with Gasteiger partial charge in [-0.15, -0.1) is 0 Å². The first kappa shape index (κ1) is 19.7. The van der Waals surface area contributed by atoms with E-state index in [9.17, 15) is 28.2 Å². The maximum absolute atomic E-state index is 13.1. The van der Waals surface area contributed by atoms with E-state index in [-0.39, 0.29) is 29.2 Å². The van der Waals surface area contributed by atoms with Crippen molar-refractivity contribution >= 4 is 21.4 Å². The van der Waals surface area contributed by atoms with Crippen LogP contribution in [0.2, 0.25) is 0 Å². The van der Waals surface area contributed by atoms with Crippen LogP contribution in [0.1, 0.15) is 12.0 Å². The van der Waals surface area contributed by atoms with Crippen LogP contribution >= 0.6 is 0 Å². The minimum Gasteiger partial charge on any atom is -0.369 e. The molecule has 28 heavy (non-hydrogen) atoms. The largest absolute Gasteiger partial charge is 0.369 e. The Bertz CT molecular complexity index is 1030. The fraction of sp³-hybridized carbons (Fsp3) is 0.278. The molecule has 0 aliphatic carbocycles. The second kappa shape index (κ2) is 7.92. The molecular weight excluding hydrogens is 387 g/mol. The first-order valence-electron chi connectivity index (χ1n) is 8.52. The number of nitro groups is 1. The zero-order chi connectivity index (χ0) is 20.3. The van der Waals surface area contributed by atoms with Gasteiger partial charge in [0.1, 0.15) is 11.9 Å². The molecule has 0 unspecified atom stereocenters. The Morgan fingerprint density at radius 1 is 1.07 bits per heavy atom. The predicted molar refractivity (Wildman–Crippen MR) is 99.8 cm³/mol. The minimum absolute atomic E-state index is 0.0235. The van der Waals surface area contributed by atoms with E-state index < -0.39 is 20.8 Å². The van der Waals surface area contributed by atoms with Crippen LogP contribution in [-0.4, -0.2) is 43.8 Å². The molecule has 3 rings (SSSR count). The zero-order valence-corrected chi connectivity index (χ0v) is 15.6. The lowest BCUT2D eigenvalue weighted by Gasteiger charge is -2.24. The van der Waals surface area contributed by atoms with E-state index in [0.29, 0.717) is 25.2 Å². The van der Waals surface area contributed by atoms with Crippen molar-refractivity contribution in [3.63, 3.8) is 0 Å². The molecule has 0 amide bonds. The molecule has 0 atom stereocenters. The molecule has 1 saturated heterocycles. The van der Waals surface area contributed by atoms with Crippen molar-refractivity contribution in [1.82, 2.24) is 4.31 Å². The van der Waals surface area contributed by atoms with Crippen LogP contribution in [0.4, 0.5) is 15.8 Å². The summed E-state index contributed by atoms with van der Waals surface area (Å²) >= 11 is 0. The average Bonchev–Trinajstić information content (AvgIpc) is 2.94. The SMILES string of the molecule is N#Cc1cc([N+](=O)[O-])ccc1N1CCCN(S(=O)(=O)c2ccc(F)cc2)CC1. The third kappa shape index (κ3) is 3.95. The van der Waals surface area contributed by atoms with E-state index in [2.05, 4.69) is 0 Å². The molecule has 0 saturated carbocycles. The van der Waals surface area contributed by atoms with E-state index in [4.69, 9.17) is 0 Å². The van der Waals surface area contributed by atoms with Crippen LogP contribution in [0.25, 0.3) is 0 Å². The Morgan fingerprint density at radius 2 is 1.79 bits per heavy atom. The number of halogens is 1. The quantitative estimate of drug-likeness (QED) is 0.572. The van der Waals surface area contributed by atoms with Crippen molar-refractivity contribution in [2.24, 2.45) is 0 Å². The van der Waals surface area contributed by atoms with Crippen LogP contribution in [0, 0.1) is 27.3 Å². The zero-order valence-electron chi connectivity index (χ0n) is 14.8. The monoisotopic (exact) mass is 404 g/mol. The van der Waals surface area contributed by atoms with Gasteiger partial charge in [-0.25, -0.2) is 12.8 Å². The minimum atomic E-state index is -3.76. The van der Waals surface area contributed by atoms with Crippen molar-refractivity contribution in [3.8, 4) is 6.07 Å². The number of anilines is 1. The van der Waals surface area contributed by atoms with Crippen LogP contribution in [0.5, 0.6) is 0 Å². The highest BCUT2D eigenvalue weighted by atomic mass is 32.2. The topological polar surface area (TPSA) is 108 Å². The van der Waals surface area contributed by atoms with Gasteiger partial charge >= 0.3 is 0 Å². The number of non-ortho nitro benzene ring substituents is 1. The standard InChI is InChI=1S/C18H17FN4O4S/c19-15-2-5-17(6-3-15)28(26,27)22-9-1-8-21(10-11-22)18-7-4-16(23(24)25)12-14(18)13-20/h2-7,12H,1,8-11H2. The van der Waals surface area contributed by atoms with Gasteiger partial charge in [0.05, 0.1) is 21.1 Å². The summed E-state index contributed by atoms with van der Waals surface area (Å²) in [6, 6.07) is 10.7. The first-order chi connectivity index (χ1) is 13.3. The lowest BCUT2D eigenvalue weighted by molar-refractivity contribution is -0.384. The number of benzene rings is 2. The van der Waals surface area contributed by atoms with Gasteiger partial charge in [-0.3, -0.25) is 10.1 Å².